The van der Waals surface area contributed by atoms with Crippen LogP contribution >= 0.6 is 11.8 Å². The number of fused-ring (bicyclic) bond motifs is 3. The summed E-state index contributed by atoms with van der Waals surface area (Å²) in [6.45, 7) is 2.04. The fourth-order valence-corrected chi connectivity index (χ4v) is 4.06. The van der Waals surface area contributed by atoms with E-state index in [0.29, 0.717) is 16.3 Å². The quantitative estimate of drug-likeness (QED) is 0.652. The van der Waals surface area contributed by atoms with Crippen LogP contribution in [0.3, 0.4) is 0 Å². The zero-order valence-electron chi connectivity index (χ0n) is 13.5. The third-order valence-electron chi connectivity index (χ3n) is 4.04. The molecular weight excluding hydrogens is 339 g/mol. The number of benzene rings is 2. The number of ether oxygens (including phenoxy) is 1. The van der Waals surface area contributed by atoms with Crippen molar-refractivity contribution < 1.29 is 13.9 Å². The van der Waals surface area contributed by atoms with Crippen LogP contribution in [0.5, 0.6) is 0 Å². The zero-order chi connectivity index (χ0) is 17.4. The molecule has 0 saturated carbocycles. The molecule has 3 aromatic rings. The molecule has 2 heterocycles. The Labute approximate surface area is 148 Å². The number of nitrogens with zero attached hydrogens (tertiary/aromatic N) is 2. The van der Waals surface area contributed by atoms with E-state index >= 15 is 0 Å². The van der Waals surface area contributed by atoms with Crippen LogP contribution in [0, 0.1) is 5.82 Å². The summed E-state index contributed by atoms with van der Waals surface area (Å²) in [4.78, 5) is 12.9. The molecule has 25 heavy (non-hydrogen) atoms. The highest BCUT2D eigenvalue weighted by atomic mass is 32.2. The molecule has 1 aliphatic heterocycles. The molecule has 0 atom stereocenters. The van der Waals surface area contributed by atoms with Gasteiger partial charge in [-0.3, -0.25) is 0 Å². The van der Waals surface area contributed by atoms with Gasteiger partial charge < -0.3 is 4.74 Å². The Hall–Kier alpha value is -2.60. The number of carbonyl (C=O) groups excluding carboxylic acids is 1. The summed E-state index contributed by atoms with van der Waals surface area (Å²) in [5, 5.41) is 4.52. The number of thioether (sulfide) groups is 1. The first-order valence-corrected chi connectivity index (χ1v) is 8.95. The smallest absolute Gasteiger partial charge is 0.359 e. The molecule has 0 saturated heterocycles. The topological polar surface area (TPSA) is 44.1 Å². The van der Waals surface area contributed by atoms with Crippen molar-refractivity contribution in [1.29, 1.82) is 0 Å². The largest absolute Gasteiger partial charge is 0.461 e. The van der Waals surface area contributed by atoms with E-state index in [1.54, 1.807) is 17.7 Å². The van der Waals surface area contributed by atoms with Crippen LogP contribution in [0.15, 0.2) is 53.4 Å². The molecule has 0 bridgehead atoms. The molecule has 0 spiro atoms. The predicted octanol–water partition coefficient (Wildman–Crippen LogP) is 4.46. The van der Waals surface area contributed by atoms with E-state index in [4.69, 9.17) is 4.74 Å². The molecule has 0 unspecified atom stereocenters. The van der Waals surface area contributed by atoms with Gasteiger partial charge in [-0.25, -0.2) is 13.9 Å². The second kappa shape index (κ2) is 6.37. The van der Waals surface area contributed by atoms with Gasteiger partial charge in [0.1, 0.15) is 5.82 Å². The number of para-hydroxylation sites is 1. The molecule has 0 aliphatic carbocycles. The lowest BCUT2D eigenvalue weighted by Crippen LogP contribution is -2.08. The van der Waals surface area contributed by atoms with Crippen LogP contribution in [-0.2, 0) is 10.5 Å². The number of esters is 1. The van der Waals surface area contributed by atoms with E-state index in [2.05, 4.69) is 5.10 Å². The average Bonchev–Trinajstić information content (AvgIpc) is 3.03. The minimum atomic E-state index is -0.450. The minimum Gasteiger partial charge on any atom is -0.461 e. The van der Waals surface area contributed by atoms with Gasteiger partial charge >= 0.3 is 5.97 Å². The van der Waals surface area contributed by atoms with Crippen molar-refractivity contribution in [1.82, 2.24) is 9.78 Å². The van der Waals surface area contributed by atoms with Crippen molar-refractivity contribution in [2.45, 2.75) is 17.6 Å². The lowest BCUT2D eigenvalue weighted by atomic mass is 10.1. The predicted molar refractivity (Wildman–Crippen MR) is 94.5 cm³/mol. The number of aromatic nitrogens is 2. The Morgan fingerprint density at radius 3 is 2.80 bits per heavy atom. The molecule has 1 aliphatic rings. The van der Waals surface area contributed by atoms with Crippen molar-refractivity contribution in [2.24, 2.45) is 0 Å². The molecule has 4 rings (SSSR count). The van der Waals surface area contributed by atoms with E-state index in [1.165, 1.54) is 17.8 Å². The standard InChI is InChI=1S/C19H15FN2O2S/c1-2-24-19(23)16-14-11-25-18-13(9-6-10-15(18)20)17(14)22(21-16)12-7-4-3-5-8-12/h3-10H,2,11H2,1H3. The Kier molecular flexibility index (Phi) is 4.05. The lowest BCUT2D eigenvalue weighted by molar-refractivity contribution is 0.0518. The minimum absolute atomic E-state index is 0.258. The molecule has 126 valence electrons. The van der Waals surface area contributed by atoms with Gasteiger partial charge in [0.05, 0.1) is 22.9 Å². The molecule has 6 heteroatoms. The summed E-state index contributed by atoms with van der Waals surface area (Å²) in [5.74, 6) is -0.231. The number of hydrogen-bond donors (Lipinski definition) is 0. The van der Waals surface area contributed by atoms with Gasteiger partial charge in [0, 0.05) is 16.9 Å². The average molecular weight is 354 g/mol. The third kappa shape index (κ3) is 2.62. The van der Waals surface area contributed by atoms with Crippen LogP contribution in [0.4, 0.5) is 4.39 Å². The third-order valence-corrected chi connectivity index (χ3v) is 5.17. The van der Waals surface area contributed by atoms with Gasteiger partial charge in [-0.2, -0.15) is 5.10 Å². The van der Waals surface area contributed by atoms with E-state index in [9.17, 15) is 9.18 Å². The van der Waals surface area contributed by atoms with Crippen LogP contribution in [-0.4, -0.2) is 22.4 Å². The van der Waals surface area contributed by atoms with E-state index in [1.807, 2.05) is 36.4 Å². The first-order valence-electron chi connectivity index (χ1n) is 7.96. The van der Waals surface area contributed by atoms with Crippen LogP contribution in [0.2, 0.25) is 0 Å². The van der Waals surface area contributed by atoms with Crippen molar-refractivity contribution in [3.05, 3.63) is 65.6 Å². The van der Waals surface area contributed by atoms with Crippen LogP contribution in [0.25, 0.3) is 16.9 Å². The molecule has 4 nitrogen and oxygen atoms in total. The maximum absolute atomic E-state index is 14.2. The Balaban J connectivity index is 1.99. The molecule has 0 radical (unpaired) electrons. The first-order chi connectivity index (χ1) is 12.2. The zero-order valence-corrected chi connectivity index (χ0v) is 14.3. The fourth-order valence-electron chi connectivity index (χ4n) is 2.97. The summed E-state index contributed by atoms with van der Waals surface area (Å²) in [5.41, 5.74) is 3.39. The lowest BCUT2D eigenvalue weighted by Gasteiger charge is -2.18. The highest BCUT2D eigenvalue weighted by Gasteiger charge is 2.31. The number of halogens is 1. The maximum Gasteiger partial charge on any atom is 0.359 e. The number of rotatable bonds is 3. The fraction of sp³-hybridized carbons (Fsp3) is 0.158. The molecular formula is C19H15FN2O2S. The summed E-state index contributed by atoms with van der Waals surface area (Å²) < 4.78 is 21.1. The van der Waals surface area contributed by atoms with E-state index in [-0.39, 0.29) is 12.4 Å². The van der Waals surface area contributed by atoms with Crippen molar-refractivity contribution in [3.8, 4) is 16.9 Å². The van der Waals surface area contributed by atoms with Gasteiger partial charge in [0.2, 0.25) is 0 Å². The normalized spacial score (nSPS) is 12.4. The summed E-state index contributed by atoms with van der Waals surface area (Å²) in [7, 11) is 0. The van der Waals surface area contributed by atoms with Crippen molar-refractivity contribution in [3.63, 3.8) is 0 Å². The monoisotopic (exact) mass is 354 g/mol. The molecule has 0 N–H and O–H groups in total. The molecule has 2 aromatic carbocycles. The second-order valence-electron chi connectivity index (χ2n) is 5.55. The van der Waals surface area contributed by atoms with Crippen molar-refractivity contribution in [2.75, 3.05) is 6.61 Å². The van der Waals surface area contributed by atoms with E-state index in [0.717, 1.165) is 22.5 Å². The molecule has 1 aromatic heterocycles. The van der Waals surface area contributed by atoms with Crippen LogP contribution in [0.1, 0.15) is 23.0 Å². The SMILES string of the molecule is CCOC(=O)c1nn(-c2ccccc2)c2c1CSc1c(F)cccc1-2. The van der Waals surface area contributed by atoms with Gasteiger partial charge in [-0.05, 0) is 25.1 Å². The molecule has 0 amide bonds. The van der Waals surface area contributed by atoms with Gasteiger partial charge in [0.25, 0.3) is 0 Å². The Morgan fingerprint density at radius 1 is 1.24 bits per heavy atom. The second-order valence-corrected chi connectivity index (χ2v) is 6.53. The molecule has 0 fully saturated rings. The Bertz CT molecular complexity index is 954. The van der Waals surface area contributed by atoms with Gasteiger partial charge in [0.15, 0.2) is 5.69 Å². The number of hydrogen-bond acceptors (Lipinski definition) is 4. The summed E-state index contributed by atoms with van der Waals surface area (Å²) in [6.07, 6.45) is 0. The van der Waals surface area contributed by atoms with E-state index < -0.39 is 5.97 Å². The van der Waals surface area contributed by atoms with Gasteiger partial charge in [-0.1, -0.05) is 30.3 Å². The highest BCUT2D eigenvalue weighted by Crippen LogP contribution is 2.44. The maximum atomic E-state index is 14.2. The van der Waals surface area contributed by atoms with Crippen molar-refractivity contribution >= 4 is 17.7 Å². The van der Waals surface area contributed by atoms with Gasteiger partial charge in [-0.15, -0.1) is 11.8 Å². The Morgan fingerprint density at radius 2 is 2.04 bits per heavy atom. The summed E-state index contributed by atoms with van der Waals surface area (Å²) in [6, 6.07) is 14.5. The number of carbonyl (C=O) groups is 1. The first kappa shape index (κ1) is 15.9. The highest BCUT2D eigenvalue weighted by molar-refractivity contribution is 7.98. The summed E-state index contributed by atoms with van der Waals surface area (Å²) >= 11 is 1.38. The van der Waals surface area contributed by atoms with Crippen LogP contribution < -0.4 is 0 Å².